The zero-order valence-corrected chi connectivity index (χ0v) is 12.7. The van der Waals surface area contributed by atoms with Crippen LogP contribution in [0.4, 0.5) is 0 Å². The molecule has 0 aromatic rings. The molecule has 1 N–H and O–H groups in total. The number of esters is 3. The van der Waals surface area contributed by atoms with E-state index in [0.717, 1.165) is 6.92 Å². The number of carbonyl (C=O) groups is 3. The van der Waals surface area contributed by atoms with Crippen LogP contribution in [-0.4, -0.2) is 59.5 Å². The number of aliphatic hydroxyl groups excluding tert-OH is 1. The van der Waals surface area contributed by atoms with Gasteiger partial charge in [-0.15, -0.1) is 12.6 Å². The molecule has 1 aliphatic heterocycles. The Morgan fingerprint density at radius 1 is 1.05 bits per heavy atom. The van der Waals surface area contributed by atoms with Crippen LogP contribution in [0, 0.1) is 0 Å². The largest absolute Gasteiger partial charge is 0.463 e. The Kier molecular flexibility index (Phi) is 6.43. The minimum absolute atomic E-state index is 0.238. The molecule has 8 nitrogen and oxygen atoms in total. The quantitative estimate of drug-likeness (QED) is 0.402. The molecule has 1 fully saturated rings. The number of carbonyl (C=O) groups excluding carboxylic acids is 3. The maximum absolute atomic E-state index is 11.1. The van der Waals surface area contributed by atoms with Crippen LogP contribution in [0.25, 0.3) is 0 Å². The first-order valence-electron chi connectivity index (χ1n) is 6.21. The molecule has 9 heteroatoms. The minimum Gasteiger partial charge on any atom is -0.463 e. The van der Waals surface area contributed by atoms with Crippen molar-refractivity contribution in [2.45, 2.75) is 50.6 Å². The maximum atomic E-state index is 11.1. The summed E-state index contributed by atoms with van der Waals surface area (Å²) < 4.78 is 20.1. The monoisotopic (exact) mass is 322 g/mol. The molecule has 1 aliphatic rings. The molecule has 0 saturated carbocycles. The van der Waals surface area contributed by atoms with E-state index >= 15 is 0 Å². The summed E-state index contributed by atoms with van der Waals surface area (Å²) in [6.45, 7) is 3.29. The van der Waals surface area contributed by atoms with Crippen molar-refractivity contribution >= 4 is 30.5 Å². The third-order valence-electron chi connectivity index (χ3n) is 2.69. The number of hydrogen-bond donors (Lipinski definition) is 2. The highest BCUT2D eigenvalue weighted by molar-refractivity contribution is 7.80. The molecule has 0 spiro atoms. The van der Waals surface area contributed by atoms with Gasteiger partial charge in [0.25, 0.3) is 0 Å². The summed E-state index contributed by atoms with van der Waals surface area (Å²) >= 11 is 4.11. The molecule has 0 aromatic heterocycles. The lowest BCUT2D eigenvalue weighted by molar-refractivity contribution is -0.230. The molecular formula is C12H18O8S. The van der Waals surface area contributed by atoms with Crippen molar-refractivity contribution < 1.29 is 38.4 Å². The molecule has 0 amide bonds. The second-order valence-corrected chi connectivity index (χ2v) is 5.02. The van der Waals surface area contributed by atoms with Gasteiger partial charge in [-0.1, -0.05) is 0 Å². The maximum Gasteiger partial charge on any atom is 0.303 e. The van der Waals surface area contributed by atoms with Crippen molar-refractivity contribution in [3.63, 3.8) is 0 Å². The normalized spacial score (nSPS) is 32.1. The number of hydrogen-bond acceptors (Lipinski definition) is 9. The Labute approximate surface area is 127 Å². The highest BCUT2D eigenvalue weighted by Gasteiger charge is 2.48. The van der Waals surface area contributed by atoms with E-state index in [9.17, 15) is 19.5 Å². The van der Waals surface area contributed by atoms with Crippen LogP contribution in [0.1, 0.15) is 20.8 Å². The second-order valence-electron chi connectivity index (χ2n) is 4.51. The van der Waals surface area contributed by atoms with Crippen molar-refractivity contribution in [3.05, 3.63) is 0 Å². The highest BCUT2D eigenvalue weighted by Crippen LogP contribution is 2.28. The van der Waals surface area contributed by atoms with Gasteiger partial charge in [-0.05, 0) is 0 Å². The lowest BCUT2D eigenvalue weighted by Crippen LogP contribution is -2.59. The van der Waals surface area contributed by atoms with E-state index in [1.54, 1.807) is 0 Å². The predicted octanol–water partition coefficient (Wildman–Crippen LogP) is -0.572. The second kappa shape index (κ2) is 7.62. The Hall–Kier alpha value is -1.32. The number of aliphatic hydroxyl groups is 1. The summed E-state index contributed by atoms with van der Waals surface area (Å²) in [6, 6.07) is 0. The Morgan fingerprint density at radius 3 is 2.05 bits per heavy atom. The van der Waals surface area contributed by atoms with Gasteiger partial charge in [-0.2, -0.15) is 0 Å². The third-order valence-corrected chi connectivity index (χ3v) is 3.11. The van der Waals surface area contributed by atoms with Crippen LogP contribution in [0.5, 0.6) is 0 Å². The van der Waals surface area contributed by atoms with Gasteiger partial charge in [-0.3, -0.25) is 14.4 Å². The molecule has 1 heterocycles. The van der Waals surface area contributed by atoms with E-state index in [-0.39, 0.29) is 6.61 Å². The van der Waals surface area contributed by atoms with Gasteiger partial charge in [-0.25, -0.2) is 0 Å². The molecule has 1 rings (SSSR count). The molecule has 120 valence electrons. The van der Waals surface area contributed by atoms with Crippen molar-refractivity contribution in [1.29, 1.82) is 0 Å². The number of ether oxygens (including phenoxy) is 4. The van der Waals surface area contributed by atoms with E-state index in [1.165, 1.54) is 13.8 Å². The van der Waals surface area contributed by atoms with Crippen molar-refractivity contribution in [3.8, 4) is 0 Å². The summed E-state index contributed by atoms with van der Waals surface area (Å²) in [5, 5.41) is 10.2. The molecule has 0 bridgehead atoms. The van der Waals surface area contributed by atoms with Crippen LogP contribution >= 0.6 is 12.6 Å². The fraction of sp³-hybridized carbons (Fsp3) is 0.750. The van der Waals surface area contributed by atoms with E-state index in [2.05, 4.69) is 12.6 Å². The van der Waals surface area contributed by atoms with E-state index in [0.29, 0.717) is 0 Å². The van der Waals surface area contributed by atoms with Crippen LogP contribution in [-0.2, 0) is 33.3 Å². The summed E-state index contributed by atoms with van der Waals surface area (Å²) in [5.74, 6) is -1.84. The van der Waals surface area contributed by atoms with Gasteiger partial charge in [0.15, 0.2) is 12.2 Å². The van der Waals surface area contributed by atoms with Gasteiger partial charge in [0.1, 0.15) is 24.3 Å². The van der Waals surface area contributed by atoms with Crippen molar-refractivity contribution in [2.24, 2.45) is 0 Å². The van der Waals surface area contributed by atoms with Crippen LogP contribution < -0.4 is 0 Å². The standard InChI is InChI=1S/C12H18O8S/c1-5(13)17-4-8-9(16)10(18-6(2)14)11(12(21)20-8)19-7(3)15/h8-12,16,21H,4H2,1-3H3. The highest BCUT2D eigenvalue weighted by atomic mass is 32.1. The molecule has 0 aromatic carbocycles. The van der Waals surface area contributed by atoms with Crippen molar-refractivity contribution in [1.82, 2.24) is 0 Å². The SMILES string of the molecule is CC(=O)OCC1OC(S)C(OC(C)=O)C(OC(C)=O)C1O. The fourth-order valence-electron chi connectivity index (χ4n) is 1.89. The predicted molar refractivity (Wildman–Crippen MR) is 71.4 cm³/mol. The number of thiol groups is 1. The molecule has 5 atom stereocenters. The van der Waals surface area contributed by atoms with Gasteiger partial charge in [0.2, 0.25) is 0 Å². The number of rotatable bonds is 4. The zero-order valence-electron chi connectivity index (χ0n) is 11.8. The molecule has 0 aliphatic carbocycles. The van der Waals surface area contributed by atoms with E-state index in [1.807, 2.05) is 0 Å². The van der Waals surface area contributed by atoms with Gasteiger partial charge >= 0.3 is 17.9 Å². The first kappa shape index (κ1) is 17.7. The van der Waals surface area contributed by atoms with E-state index in [4.69, 9.17) is 18.9 Å². The molecule has 1 saturated heterocycles. The topological polar surface area (TPSA) is 108 Å². The van der Waals surface area contributed by atoms with Gasteiger partial charge in [0, 0.05) is 20.8 Å². The lowest BCUT2D eigenvalue weighted by atomic mass is 9.99. The van der Waals surface area contributed by atoms with Crippen LogP contribution in [0.3, 0.4) is 0 Å². The van der Waals surface area contributed by atoms with Gasteiger partial charge in [0.05, 0.1) is 0 Å². The summed E-state index contributed by atoms with van der Waals surface area (Å²) in [5.41, 5.74) is -0.942. The van der Waals surface area contributed by atoms with E-state index < -0.39 is 47.8 Å². The lowest BCUT2D eigenvalue weighted by Gasteiger charge is -2.41. The average molecular weight is 322 g/mol. The van der Waals surface area contributed by atoms with Crippen molar-refractivity contribution in [2.75, 3.05) is 6.61 Å². The Morgan fingerprint density at radius 2 is 1.57 bits per heavy atom. The van der Waals surface area contributed by atoms with Crippen LogP contribution in [0.2, 0.25) is 0 Å². The summed E-state index contributed by atoms with van der Waals surface area (Å²) in [4.78, 5) is 33.0. The Bertz CT molecular complexity index is 412. The third kappa shape index (κ3) is 5.18. The molecule has 21 heavy (non-hydrogen) atoms. The average Bonchev–Trinajstić information content (AvgIpc) is 2.35. The first-order chi connectivity index (χ1) is 9.72. The fourth-order valence-corrected chi connectivity index (χ4v) is 2.27. The first-order valence-corrected chi connectivity index (χ1v) is 6.73. The molecular weight excluding hydrogens is 304 g/mol. The summed E-state index contributed by atoms with van der Waals surface area (Å²) in [7, 11) is 0. The zero-order chi connectivity index (χ0) is 16.2. The minimum atomic E-state index is -1.33. The van der Waals surface area contributed by atoms with Crippen LogP contribution in [0.15, 0.2) is 0 Å². The Balaban J connectivity index is 2.87. The molecule has 0 radical (unpaired) electrons. The smallest absolute Gasteiger partial charge is 0.303 e. The summed E-state index contributed by atoms with van der Waals surface area (Å²) in [6.07, 6.45) is -4.52. The van der Waals surface area contributed by atoms with Gasteiger partial charge < -0.3 is 24.1 Å². The molecule has 5 unspecified atom stereocenters.